The first kappa shape index (κ1) is 12.2. The summed E-state index contributed by atoms with van der Waals surface area (Å²) in [6, 6.07) is 7.68. The zero-order chi connectivity index (χ0) is 13.1. The van der Waals surface area contributed by atoms with Crippen LogP contribution in [0, 0.1) is 11.3 Å². The molecule has 0 saturated carbocycles. The molecule has 0 bridgehead atoms. The van der Waals surface area contributed by atoms with Crippen LogP contribution in [0.15, 0.2) is 18.2 Å². The Bertz CT molecular complexity index is 506. The van der Waals surface area contributed by atoms with Gasteiger partial charge in [-0.3, -0.25) is 4.79 Å². The van der Waals surface area contributed by atoms with Gasteiger partial charge in [0.2, 0.25) is 5.91 Å². The first-order valence-corrected chi connectivity index (χ1v) is 5.92. The summed E-state index contributed by atoms with van der Waals surface area (Å²) >= 11 is 0. The lowest BCUT2D eigenvalue weighted by Crippen LogP contribution is -2.35. The van der Waals surface area contributed by atoms with Crippen LogP contribution in [-0.2, 0) is 4.79 Å². The van der Waals surface area contributed by atoms with Gasteiger partial charge in [-0.1, -0.05) is 0 Å². The average Bonchev–Trinajstić information content (AvgIpc) is 2.76. The molecule has 94 valence electrons. The fourth-order valence-electron chi connectivity index (χ4n) is 2.25. The minimum atomic E-state index is 0.00110. The van der Waals surface area contributed by atoms with Crippen molar-refractivity contribution >= 4 is 17.3 Å². The third-order valence-corrected chi connectivity index (χ3v) is 3.12. The number of rotatable bonds is 2. The predicted molar refractivity (Wildman–Crippen MR) is 70.0 cm³/mol. The normalized spacial score (nSPS) is 18.4. The van der Waals surface area contributed by atoms with E-state index in [-0.39, 0.29) is 11.9 Å². The lowest BCUT2D eigenvalue weighted by atomic mass is 10.1. The summed E-state index contributed by atoms with van der Waals surface area (Å²) in [4.78, 5) is 13.2. The maximum Gasteiger partial charge on any atom is 0.217 e. The molecule has 1 aliphatic heterocycles. The fourth-order valence-corrected chi connectivity index (χ4v) is 2.25. The highest BCUT2D eigenvalue weighted by molar-refractivity contribution is 5.73. The van der Waals surface area contributed by atoms with Crippen molar-refractivity contribution in [2.45, 2.75) is 19.4 Å². The van der Waals surface area contributed by atoms with Gasteiger partial charge in [-0.25, -0.2) is 0 Å². The monoisotopic (exact) mass is 244 g/mol. The minimum absolute atomic E-state index is 0.00110. The molecule has 18 heavy (non-hydrogen) atoms. The van der Waals surface area contributed by atoms with Crippen LogP contribution >= 0.6 is 0 Å². The van der Waals surface area contributed by atoms with Gasteiger partial charge in [-0.15, -0.1) is 0 Å². The smallest absolute Gasteiger partial charge is 0.217 e. The van der Waals surface area contributed by atoms with E-state index < -0.39 is 0 Å². The van der Waals surface area contributed by atoms with E-state index in [1.54, 1.807) is 6.07 Å². The number of nitrogens with one attached hydrogen (secondary N) is 1. The topological polar surface area (TPSA) is 82.2 Å². The van der Waals surface area contributed by atoms with Gasteiger partial charge in [-0.05, 0) is 24.6 Å². The first-order valence-electron chi connectivity index (χ1n) is 5.92. The van der Waals surface area contributed by atoms with Crippen LogP contribution in [0.25, 0.3) is 0 Å². The van der Waals surface area contributed by atoms with Gasteiger partial charge in [0.05, 0.1) is 11.3 Å². The van der Waals surface area contributed by atoms with Crippen LogP contribution < -0.4 is 16.0 Å². The maximum absolute atomic E-state index is 11.0. The second kappa shape index (κ2) is 4.96. The number of nitrogen functional groups attached to an aromatic ring is 1. The maximum atomic E-state index is 11.0. The van der Waals surface area contributed by atoms with E-state index in [1.165, 1.54) is 6.92 Å². The van der Waals surface area contributed by atoms with Crippen LogP contribution in [-0.4, -0.2) is 25.0 Å². The van der Waals surface area contributed by atoms with Crippen LogP contribution in [0.5, 0.6) is 0 Å². The summed E-state index contributed by atoms with van der Waals surface area (Å²) in [6.45, 7) is 3.20. The highest BCUT2D eigenvalue weighted by atomic mass is 16.1. The van der Waals surface area contributed by atoms with Crippen molar-refractivity contribution in [1.29, 1.82) is 5.26 Å². The molecule has 1 aliphatic rings. The van der Waals surface area contributed by atoms with Crippen molar-refractivity contribution in [1.82, 2.24) is 5.32 Å². The number of nitrogens with zero attached hydrogens (tertiary/aromatic N) is 2. The van der Waals surface area contributed by atoms with Crippen molar-refractivity contribution < 1.29 is 4.79 Å². The lowest BCUT2D eigenvalue weighted by Gasteiger charge is -2.19. The number of carbonyl (C=O) groups excluding carboxylic acids is 1. The van der Waals surface area contributed by atoms with Gasteiger partial charge in [-0.2, -0.15) is 5.26 Å². The zero-order valence-electron chi connectivity index (χ0n) is 10.3. The number of hydrogen-bond acceptors (Lipinski definition) is 4. The quantitative estimate of drug-likeness (QED) is 0.756. The van der Waals surface area contributed by atoms with E-state index in [4.69, 9.17) is 11.0 Å². The molecule has 0 radical (unpaired) electrons. The van der Waals surface area contributed by atoms with Gasteiger partial charge in [0.15, 0.2) is 0 Å². The van der Waals surface area contributed by atoms with E-state index >= 15 is 0 Å². The molecule has 1 aromatic rings. The first-order chi connectivity index (χ1) is 8.60. The Morgan fingerprint density at radius 3 is 3.00 bits per heavy atom. The van der Waals surface area contributed by atoms with Crippen molar-refractivity contribution in [2.75, 3.05) is 23.7 Å². The van der Waals surface area contributed by atoms with Crippen LogP contribution in [0.3, 0.4) is 0 Å². The van der Waals surface area contributed by atoms with Crippen molar-refractivity contribution in [2.24, 2.45) is 0 Å². The Hall–Kier alpha value is -2.22. The Morgan fingerprint density at radius 1 is 1.61 bits per heavy atom. The summed E-state index contributed by atoms with van der Waals surface area (Å²) in [6.07, 6.45) is 0.930. The van der Waals surface area contributed by atoms with Crippen LogP contribution in [0.1, 0.15) is 18.9 Å². The van der Waals surface area contributed by atoms with E-state index in [1.807, 2.05) is 18.2 Å². The third kappa shape index (κ3) is 2.54. The molecule has 5 heteroatoms. The summed E-state index contributed by atoms with van der Waals surface area (Å²) in [5.74, 6) is 0.00110. The molecule has 3 N–H and O–H groups in total. The Balaban J connectivity index is 2.08. The van der Waals surface area contributed by atoms with Gasteiger partial charge in [0.25, 0.3) is 0 Å². The van der Waals surface area contributed by atoms with Gasteiger partial charge in [0, 0.05) is 31.7 Å². The third-order valence-electron chi connectivity index (χ3n) is 3.12. The highest BCUT2D eigenvalue weighted by Gasteiger charge is 2.23. The van der Waals surface area contributed by atoms with Crippen LogP contribution in [0.4, 0.5) is 11.4 Å². The second-order valence-electron chi connectivity index (χ2n) is 4.52. The zero-order valence-corrected chi connectivity index (χ0v) is 10.3. The summed E-state index contributed by atoms with van der Waals surface area (Å²) < 4.78 is 0. The van der Waals surface area contributed by atoms with Gasteiger partial charge < -0.3 is 16.0 Å². The predicted octanol–water partition coefficient (Wildman–Crippen LogP) is 0.855. The standard InChI is InChI=1S/C13H16N4O/c1-9(18)16-11-4-5-17(8-11)12-3-2-10(7-14)13(15)6-12/h2-3,6,11H,4-5,8,15H2,1H3,(H,16,18). The number of hydrogen-bond donors (Lipinski definition) is 2. The van der Waals surface area contributed by atoms with Crippen molar-refractivity contribution in [3.8, 4) is 6.07 Å². The molecular formula is C13H16N4O. The Morgan fingerprint density at radius 2 is 2.39 bits per heavy atom. The van der Waals surface area contributed by atoms with Gasteiger partial charge >= 0.3 is 0 Å². The second-order valence-corrected chi connectivity index (χ2v) is 4.52. The molecule has 1 unspecified atom stereocenters. The molecule has 1 heterocycles. The number of nitrogens with two attached hydrogens (primary N) is 1. The van der Waals surface area contributed by atoms with E-state index in [9.17, 15) is 4.79 Å². The number of anilines is 2. The Kier molecular flexibility index (Phi) is 3.38. The molecule has 0 spiro atoms. The number of carbonyl (C=O) groups is 1. The molecule has 1 aromatic carbocycles. The SMILES string of the molecule is CC(=O)NC1CCN(c2ccc(C#N)c(N)c2)C1. The summed E-state index contributed by atoms with van der Waals surface area (Å²) in [5, 5.41) is 11.7. The lowest BCUT2D eigenvalue weighted by molar-refractivity contribution is -0.119. The van der Waals surface area contributed by atoms with Crippen molar-refractivity contribution in [3.63, 3.8) is 0 Å². The van der Waals surface area contributed by atoms with Crippen molar-refractivity contribution in [3.05, 3.63) is 23.8 Å². The molecule has 1 atom stereocenters. The molecule has 2 rings (SSSR count). The molecule has 0 aliphatic carbocycles. The molecule has 0 aromatic heterocycles. The van der Waals surface area contributed by atoms with E-state index in [0.717, 1.165) is 25.2 Å². The molecule has 1 amide bonds. The van der Waals surface area contributed by atoms with Crippen LogP contribution in [0.2, 0.25) is 0 Å². The highest BCUT2D eigenvalue weighted by Crippen LogP contribution is 2.24. The molecule has 5 nitrogen and oxygen atoms in total. The number of amides is 1. The summed E-state index contributed by atoms with van der Waals surface area (Å²) in [7, 11) is 0. The molecular weight excluding hydrogens is 228 g/mol. The van der Waals surface area contributed by atoms with Gasteiger partial charge in [0.1, 0.15) is 6.07 Å². The van der Waals surface area contributed by atoms with E-state index in [2.05, 4.69) is 10.2 Å². The fraction of sp³-hybridized carbons (Fsp3) is 0.385. The minimum Gasteiger partial charge on any atom is -0.398 e. The number of nitriles is 1. The van der Waals surface area contributed by atoms with E-state index in [0.29, 0.717) is 11.3 Å². The molecule has 1 saturated heterocycles. The number of benzene rings is 1. The molecule has 1 fully saturated rings. The largest absolute Gasteiger partial charge is 0.398 e. The summed E-state index contributed by atoms with van der Waals surface area (Å²) in [5.41, 5.74) is 7.79. The average molecular weight is 244 g/mol. The Labute approximate surface area is 106 Å².